The van der Waals surface area contributed by atoms with E-state index in [4.69, 9.17) is 0 Å². The molecule has 1 unspecified atom stereocenters. The molecule has 0 fully saturated rings. The van der Waals surface area contributed by atoms with Crippen LogP contribution in [0.15, 0.2) is 24.0 Å². The molecule has 1 nitrogen and oxygen atoms in total. The molecule has 0 aromatic carbocycles. The van der Waals surface area contributed by atoms with Gasteiger partial charge >= 0.3 is 0 Å². The smallest absolute Gasteiger partial charge is 0.0106 e. The molecular weight excluding hydrogens is 146 g/mol. The van der Waals surface area contributed by atoms with E-state index in [1.807, 2.05) is 0 Å². The molecule has 1 atom stereocenters. The molecule has 0 saturated heterocycles. The molecule has 68 valence electrons. The lowest BCUT2D eigenvalue weighted by molar-refractivity contribution is 0.318. The molecule has 12 heavy (non-hydrogen) atoms. The summed E-state index contributed by atoms with van der Waals surface area (Å²) in [5.41, 5.74) is 1.80. The molecule has 0 amide bonds. The van der Waals surface area contributed by atoms with Crippen LogP contribution in [0.1, 0.15) is 27.7 Å². The summed E-state index contributed by atoms with van der Waals surface area (Å²) >= 11 is 0. The highest BCUT2D eigenvalue weighted by molar-refractivity contribution is 5.18. The number of nitrogens with zero attached hydrogens (tertiary/aromatic N) is 1. The molecule has 0 aromatic heterocycles. The normalized spacial score (nSPS) is 24.2. The lowest BCUT2D eigenvalue weighted by atomic mass is 9.76. The van der Waals surface area contributed by atoms with Gasteiger partial charge in [-0.3, -0.25) is 0 Å². The fourth-order valence-corrected chi connectivity index (χ4v) is 1.79. The molecule has 1 rings (SSSR count). The van der Waals surface area contributed by atoms with Crippen molar-refractivity contribution in [2.45, 2.75) is 27.7 Å². The standard InChI is InChI=1S/C11H19N/c1-9-8-12(5)7-6-10(9)11(2,3)4/h6-8,10H,1-5H3. The van der Waals surface area contributed by atoms with Gasteiger partial charge in [-0.2, -0.15) is 0 Å². The zero-order valence-electron chi connectivity index (χ0n) is 8.76. The first-order valence-corrected chi connectivity index (χ1v) is 4.50. The van der Waals surface area contributed by atoms with Crippen LogP contribution in [-0.2, 0) is 0 Å². The van der Waals surface area contributed by atoms with Gasteiger partial charge in [0, 0.05) is 19.2 Å². The molecule has 1 heteroatoms. The van der Waals surface area contributed by atoms with E-state index >= 15 is 0 Å². The molecule has 1 aliphatic heterocycles. The van der Waals surface area contributed by atoms with Crippen molar-refractivity contribution in [3.05, 3.63) is 24.0 Å². The van der Waals surface area contributed by atoms with Crippen molar-refractivity contribution in [3.8, 4) is 0 Å². The van der Waals surface area contributed by atoms with E-state index < -0.39 is 0 Å². The van der Waals surface area contributed by atoms with Crippen molar-refractivity contribution in [2.75, 3.05) is 7.05 Å². The maximum absolute atomic E-state index is 2.29. The molecule has 0 aliphatic carbocycles. The Labute approximate surface area is 75.8 Å². The Balaban J connectivity index is 2.83. The van der Waals surface area contributed by atoms with E-state index in [1.165, 1.54) is 5.57 Å². The highest BCUT2D eigenvalue weighted by Gasteiger charge is 2.25. The van der Waals surface area contributed by atoms with Gasteiger partial charge in [-0.05, 0) is 24.1 Å². The zero-order valence-corrected chi connectivity index (χ0v) is 8.76. The first-order valence-electron chi connectivity index (χ1n) is 4.50. The van der Waals surface area contributed by atoms with Gasteiger partial charge in [0.05, 0.1) is 0 Å². The van der Waals surface area contributed by atoms with Gasteiger partial charge in [0.2, 0.25) is 0 Å². The monoisotopic (exact) mass is 165 g/mol. The Morgan fingerprint density at radius 1 is 1.33 bits per heavy atom. The van der Waals surface area contributed by atoms with Gasteiger partial charge in [-0.25, -0.2) is 0 Å². The minimum absolute atomic E-state index is 0.346. The van der Waals surface area contributed by atoms with E-state index in [1.54, 1.807) is 0 Å². The Hall–Kier alpha value is -0.720. The summed E-state index contributed by atoms with van der Waals surface area (Å²) in [6, 6.07) is 0. The molecule has 0 radical (unpaired) electrons. The third-order valence-electron chi connectivity index (χ3n) is 2.34. The zero-order chi connectivity index (χ0) is 9.35. The average molecular weight is 165 g/mol. The van der Waals surface area contributed by atoms with Crippen LogP contribution in [0, 0.1) is 11.3 Å². The van der Waals surface area contributed by atoms with Crippen molar-refractivity contribution in [1.82, 2.24) is 4.90 Å². The number of allylic oxidation sites excluding steroid dienone is 2. The molecule has 0 spiro atoms. The molecule has 1 aliphatic rings. The first-order chi connectivity index (χ1) is 5.41. The second kappa shape index (κ2) is 2.96. The third-order valence-corrected chi connectivity index (χ3v) is 2.34. The molecule has 0 saturated carbocycles. The summed E-state index contributed by atoms with van der Waals surface area (Å²) in [6.07, 6.45) is 6.63. The minimum Gasteiger partial charge on any atom is -0.358 e. The van der Waals surface area contributed by atoms with Crippen LogP contribution in [-0.4, -0.2) is 11.9 Å². The fraction of sp³-hybridized carbons (Fsp3) is 0.636. The van der Waals surface area contributed by atoms with E-state index in [0.717, 1.165) is 0 Å². The van der Waals surface area contributed by atoms with Gasteiger partial charge in [-0.1, -0.05) is 26.8 Å². The largest absolute Gasteiger partial charge is 0.358 e. The maximum Gasteiger partial charge on any atom is 0.0106 e. The second-order valence-corrected chi connectivity index (χ2v) is 4.72. The lowest BCUT2D eigenvalue weighted by Gasteiger charge is -2.32. The molecular formula is C11H19N. The predicted octanol–water partition coefficient (Wildman–Crippen LogP) is 3.01. The summed E-state index contributed by atoms with van der Waals surface area (Å²) in [6.45, 7) is 9.05. The van der Waals surface area contributed by atoms with Gasteiger partial charge < -0.3 is 4.90 Å². The van der Waals surface area contributed by atoms with E-state index in [2.05, 4.69) is 58.1 Å². The van der Waals surface area contributed by atoms with E-state index in [-0.39, 0.29) is 0 Å². The first kappa shape index (κ1) is 9.37. The predicted molar refractivity (Wildman–Crippen MR) is 53.6 cm³/mol. The Morgan fingerprint density at radius 3 is 2.33 bits per heavy atom. The fourth-order valence-electron chi connectivity index (χ4n) is 1.79. The van der Waals surface area contributed by atoms with Crippen molar-refractivity contribution < 1.29 is 0 Å². The van der Waals surface area contributed by atoms with Crippen LogP contribution < -0.4 is 0 Å². The number of rotatable bonds is 0. The molecule has 1 heterocycles. The van der Waals surface area contributed by atoms with Crippen LogP contribution in [0.3, 0.4) is 0 Å². The average Bonchev–Trinajstić information content (AvgIpc) is 1.83. The van der Waals surface area contributed by atoms with Gasteiger partial charge in [0.25, 0.3) is 0 Å². The Bertz CT molecular complexity index is 218. The maximum atomic E-state index is 2.29. The highest BCUT2D eigenvalue weighted by Crippen LogP contribution is 2.34. The topological polar surface area (TPSA) is 3.24 Å². The van der Waals surface area contributed by atoms with Crippen LogP contribution in [0.25, 0.3) is 0 Å². The number of hydrogen-bond donors (Lipinski definition) is 0. The van der Waals surface area contributed by atoms with Gasteiger partial charge in [0.1, 0.15) is 0 Å². The van der Waals surface area contributed by atoms with E-state index in [0.29, 0.717) is 11.3 Å². The van der Waals surface area contributed by atoms with Crippen molar-refractivity contribution in [2.24, 2.45) is 11.3 Å². The molecule has 0 aromatic rings. The van der Waals surface area contributed by atoms with Crippen molar-refractivity contribution >= 4 is 0 Å². The molecule has 0 N–H and O–H groups in total. The summed E-state index contributed by atoms with van der Waals surface area (Å²) in [4.78, 5) is 2.11. The lowest BCUT2D eigenvalue weighted by Crippen LogP contribution is -2.23. The Morgan fingerprint density at radius 2 is 1.92 bits per heavy atom. The van der Waals surface area contributed by atoms with Gasteiger partial charge in [-0.15, -0.1) is 0 Å². The quantitative estimate of drug-likeness (QED) is 0.533. The number of hydrogen-bond acceptors (Lipinski definition) is 1. The van der Waals surface area contributed by atoms with Crippen LogP contribution >= 0.6 is 0 Å². The van der Waals surface area contributed by atoms with Crippen LogP contribution in [0.2, 0.25) is 0 Å². The summed E-state index contributed by atoms with van der Waals surface area (Å²) in [5.74, 6) is 0.591. The SMILES string of the molecule is CC1=CN(C)C=CC1C(C)(C)C. The minimum atomic E-state index is 0.346. The summed E-state index contributed by atoms with van der Waals surface area (Å²) in [5, 5.41) is 0. The second-order valence-electron chi connectivity index (χ2n) is 4.72. The van der Waals surface area contributed by atoms with Crippen molar-refractivity contribution in [3.63, 3.8) is 0 Å². The highest BCUT2D eigenvalue weighted by atomic mass is 15.1. The van der Waals surface area contributed by atoms with Crippen LogP contribution in [0.5, 0.6) is 0 Å². The summed E-state index contributed by atoms with van der Waals surface area (Å²) < 4.78 is 0. The van der Waals surface area contributed by atoms with Gasteiger partial charge in [0.15, 0.2) is 0 Å². The summed E-state index contributed by atoms with van der Waals surface area (Å²) in [7, 11) is 2.07. The molecule has 0 bridgehead atoms. The Kier molecular flexibility index (Phi) is 2.31. The van der Waals surface area contributed by atoms with E-state index in [9.17, 15) is 0 Å². The van der Waals surface area contributed by atoms with Crippen LogP contribution in [0.4, 0.5) is 0 Å². The third kappa shape index (κ3) is 1.90. The van der Waals surface area contributed by atoms with Crippen molar-refractivity contribution in [1.29, 1.82) is 0 Å².